The van der Waals surface area contributed by atoms with E-state index in [1.807, 2.05) is 19.1 Å². The van der Waals surface area contributed by atoms with Crippen molar-refractivity contribution in [1.82, 2.24) is 4.98 Å². The van der Waals surface area contributed by atoms with Crippen LogP contribution in [0.15, 0.2) is 18.3 Å². The van der Waals surface area contributed by atoms with Gasteiger partial charge >= 0.3 is 0 Å². The Morgan fingerprint density at radius 1 is 1.38 bits per heavy atom. The minimum atomic E-state index is -0.322. The van der Waals surface area contributed by atoms with Gasteiger partial charge in [0.1, 0.15) is 0 Å². The number of pyridine rings is 1. The van der Waals surface area contributed by atoms with Gasteiger partial charge in [-0.15, -0.1) is 0 Å². The molecule has 2 rings (SSSR count). The average molecular weight is 219 g/mol. The lowest BCUT2D eigenvalue weighted by molar-refractivity contribution is 0.130. The highest BCUT2D eigenvalue weighted by molar-refractivity contribution is 5.20. The fraction of sp³-hybridized carbons (Fsp3) is 0.643. The summed E-state index contributed by atoms with van der Waals surface area (Å²) >= 11 is 0. The van der Waals surface area contributed by atoms with Gasteiger partial charge < -0.3 is 5.11 Å². The molecule has 1 aliphatic rings. The number of aliphatic hydroxyl groups excluding tert-OH is 1. The van der Waals surface area contributed by atoms with Crippen molar-refractivity contribution >= 4 is 0 Å². The van der Waals surface area contributed by atoms with Crippen molar-refractivity contribution in [1.29, 1.82) is 0 Å². The van der Waals surface area contributed by atoms with Crippen molar-refractivity contribution in [2.45, 2.75) is 51.6 Å². The van der Waals surface area contributed by atoms with E-state index < -0.39 is 0 Å². The maximum atomic E-state index is 10.2. The number of nitrogens with zero attached hydrogens (tertiary/aromatic N) is 1. The van der Waals surface area contributed by atoms with Gasteiger partial charge in [-0.2, -0.15) is 0 Å². The third-order valence-corrected chi connectivity index (χ3v) is 3.69. The maximum absolute atomic E-state index is 10.2. The first-order valence-corrected chi connectivity index (χ1v) is 6.37. The predicted octanol–water partition coefficient (Wildman–Crippen LogP) is 3.39. The number of hydrogen-bond acceptors (Lipinski definition) is 2. The van der Waals surface area contributed by atoms with Crippen molar-refractivity contribution in [2.24, 2.45) is 5.92 Å². The zero-order valence-corrected chi connectivity index (χ0v) is 10.0. The molecule has 0 aromatic carbocycles. The smallest absolute Gasteiger partial charge is 0.0810 e. The van der Waals surface area contributed by atoms with Crippen molar-refractivity contribution in [2.75, 3.05) is 0 Å². The molecule has 0 amide bonds. The lowest BCUT2D eigenvalue weighted by Gasteiger charge is -2.24. The van der Waals surface area contributed by atoms with E-state index in [0.29, 0.717) is 5.92 Å². The molecule has 1 aromatic rings. The van der Waals surface area contributed by atoms with Crippen LogP contribution in [-0.2, 0) is 0 Å². The Morgan fingerprint density at radius 3 is 2.81 bits per heavy atom. The van der Waals surface area contributed by atoms with Gasteiger partial charge in [0.25, 0.3) is 0 Å². The minimum absolute atomic E-state index is 0.322. The molecule has 0 bridgehead atoms. The highest BCUT2D eigenvalue weighted by Gasteiger charge is 2.19. The highest BCUT2D eigenvalue weighted by Crippen LogP contribution is 2.32. The Balaban J connectivity index is 1.96. The molecule has 0 aliphatic heterocycles. The summed E-state index contributed by atoms with van der Waals surface area (Å²) in [5.74, 6) is 0.711. The third-order valence-electron chi connectivity index (χ3n) is 3.69. The van der Waals surface area contributed by atoms with Crippen LogP contribution in [0.5, 0.6) is 0 Å². The summed E-state index contributed by atoms with van der Waals surface area (Å²) in [6.07, 6.45) is 8.99. The summed E-state index contributed by atoms with van der Waals surface area (Å²) in [5.41, 5.74) is 1.97. The number of aromatic nitrogens is 1. The van der Waals surface area contributed by atoms with Crippen molar-refractivity contribution in [3.05, 3.63) is 29.6 Å². The van der Waals surface area contributed by atoms with Gasteiger partial charge in [-0.3, -0.25) is 4.98 Å². The maximum Gasteiger partial charge on any atom is 0.0810 e. The van der Waals surface area contributed by atoms with E-state index in [9.17, 15) is 5.11 Å². The number of aliphatic hydroxyl groups is 1. The fourth-order valence-electron chi connectivity index (χ4n) is 2.71. The van der Waals surface area contributed by atoms with E-state index in [-0.39, 0.29) is 6.10 Å². The molecule has 0 radical (unpaired) electrons. The van der Waals surface area contributed by atoms with Crippen LogP contribution in [0.3, 0.4) is 0 Å². The molecule has 1 N–H and O–H groups in total. The van der Waals surface area contributed by atoms with E-state index >= 15 is 0 Å². The van der Waals surface area contributed by atoms with E-state index in [1.54, 1.807) is 6.20 Å². The van der Waals surface area contributed by atoms with Crippen molar-refractivity contribution < 1.29 is 5.11 Å². The van der Waals surface area contributed by atoms with Gasteiger partial charge in [0, 0.05) is 17.5 Å². The van der Waals surface area contributed by atoms with Gasteiger partial charge in [-0.1, -0.05) is 38.2 Å². The SMILES string of the molecule is Cc1ncccc1C(O)CC1CCCCC1. The first kappa shape index (κ1) is 11.6. The van der Waals surface area contributed by atoms with E-state index in [0.717, 1.165) is 17.7 Å². The summed E-state index contributed by atoms with van der Waals surface area (Å²) in [6.45, 7) is 1.97. The van der Waals surface area contributed by atoms with E-state index in [2.05, 4.69) is 4.98 Å². The van der Waals surface area contributed by atoms with E-state index in [1.165, 1.54) is 32.1 Å². The largest absolute Gasteiger partial charge is 0.388 e. The second-order valence-electron chi connectivity index (χ2n) is 4.93. The first-order chi connectivity index (χ1) is 7.77. The molecule has 2 heteroatoms. The van der Waals surface area contributed by atoms with Crippen LogP contribution in [0.4, 0.5) is 0 Å². The lowest BCUT2D eigenvalue weighted by Crippen LogP contribution is -2.12. The van der Waals surface area contributed by atoms with Gasteiger partial charge in [0.15, 0.2) is 0 Å². The molecule has 1 heterocycles. The Kier molecular flexibility index (Phi) is 3.94. The quantitative estimate of drug-likeness (QED) is 0.845. The Morgan fingerprint density at radius 2 is 2.12 bits per heavy atom. The molecule has 88 valence electrons. The zero-order valence-electron chi connectivity index (χ0n) is 10.0. The Hall–Kier alpha value is -0.890. The molecule has 1 saturated carbocycles. The zero-order chi connectivity index (χ0) is 11.4. The molecule has 1 fully saturated rings. The standard InChI is InChI=1S/C14H21NO/c1-11-13(8-5-9-15-11)14(16)10-12-6-3-2-4-7-12/h5,8-9,12,14,16H,2-4,6-7,10H2,1H3. The Bertz CT molecular complexity index is 331. The monoisotopic (exact) mass is 219 g/mol. The predicted molar refractivity (Wildman–Crippen MR) is 65.1 cm³/mol. The minimum Gasteiger partial charge on any atom is -0.388 e. The summed E-state index contributed by atoms with van der Waals surface area (Å²) < 4.78 is 0. The molecule has 1 atom stereocenters. The van der Waals surface area contributed by atoms with Crippen LogP contribution in [0.1, 0.15) is 55.9 Å². The van der Waals surface area contributed by atoms with Crippen LogP contribution in [0, 0.1) is 12.8 Å². The van der Waals surface area contributed by atoms with Gasteiger partial charge in [-0.25, -0.2) is 0 Å². The number of hydrogen-bond donors (Lipinski definition) is 1. The third kappa shape index (κ3) is 2.82. The van der Waals surface area contributed by atoms with Crippen molar-refractivity contribution in [3.8, 4) is 0 Å². The molecule has 1 aromatic heterocycles. The Labute approximate surface area is 97.7 Å². The van der Waals surface area contributed by atoms with Gasteiger partial charge in [0.2, 0.25) is 0 Å². The highest BCUT2D eigenvalue weighted by atomic mass is 16.3. The second kappa shape index (κ2) is 5.44. The van der Waals surface area contributed by atoms with Crippen LogP contribution < -0.4 is 0 Å². The van der Waals surface area contributed by atoms with Crippen LogP contribution in [-0.4, -0.2) is 10.1 Å². The average Bonchev–Trinajstić information content (AvgIpc) is 2.31. The van der Waals surface area contributed by atoms with E-state index in [4.69, 9.17) is 0 Å². The molecule has 1 aliphatic carbocycles. The molecule has 2 nitrogen and oxygen atoms in total. The molecular weight excluding hydrogens is 198 g/mol. The van der Waals surface area contributed by atoms with Crippen molar-refractivity contribution in [3.63, 3.8) is 0 Å². The summed E-state index contributed by atoms with van der Waals surface area (Å²) in [5, 5.41) is 10.2. The van der Waals surface area contributed by atoms with Crippen LogP contribution >= 0.6 is 0 Å². The number of aryl methyl sites for hydroxylation is 1. The molecular formula is C14H21NO. The summed E-state index contributed by atoms with van der Waals surface area (Å²) in [7, 11) is 0. The van der Waals surface area contributed by atoms with Gasteiger partial charge in [-0.05, 0) is 25.3 Å². The first-order valence-electron chi connectivity index (χ1n) is 6.37. The lowest BCUT2D eigenvalue weighted by atomic mass is 9.84. The summed E-state index contributed by atoms with van der Waals surface area (Å²) in [6, 6.07) is 3.91. The fourth-order valence-corrected chi connectivity index (χ4v) is 2.71. The number of rotatable bonds is 3. The summed E-state index contributed by atoms with van der Waals surface area (Å²) in [4.78, 5) is 4.23. The normalized spacial score (nSPS) is 19.6. The molecule has 16 heavy (non-hydrogen) atoms. The topological polar surface area (TPSA) is 33.1 Å². The molecule has 0 saturated heterocycles. The second-order valence-corrected chi connectivity index (χ2v) is 4.93. The van der Waals surface area contributed by atoms with Gasteiger partial charge in [0.05, 0.1) is 6.10 Å². The van der Waals surface area contributed by atoms with Crippen LogP contribution in [0.25, 0.3) is 0 Å². The molecule has 1 unspecified atom stereocenters. The molecule has 0 spiro atoms. The van der Waals surface area contributed by atoms with Crippen LogP contribution in [0.2, 0.25) is 0 Å².